The number of carboxylic acids is 1. The van der Waals surface area contributed by atoms with Gasteiger partial charge in [0, 0.05) is 20.8 Å². The van der Waals surface area contributed by atoms with Crippen molar-refractivity contribution in [1.82, 2.24) is 4.90 Å². The van der Waals surface area contributed by atoms with Crippen LogP contribution in [0.25, 0.3) is 0 Å². The molecule has 0 aliphatic rings. The number of carbonyl (C=O) groups is 2. The van der Waals surface area contributed by atoms with Crippen LogP contribution in [0.15, 0.2) is 10.5 Å². The highest BCUT2D eigenvalue weighted by Crippen LogP contribution is 2.34. The maximum atomic E-state index is 12.2. The van der Waals surface area contributed by atoms with Crippen molar-refractivity contribution in [2.24, 2.45) is 0 Å². The van der Waals surface area contributed by atoms with E-state index in [2.05, 4.69) is 15.9 Å². The summed E-state index contributed by atoms with van der Waals surface area (Å²) in [5.74, 6) is -1.07. The third-order valence-electron chi connectivity index (χ3n) is 2.66. The van der Waals surface area contributed by atoms with E-state index in [0.717, 1.165) is 9.35 Å². The van der Waals surface area contributed by atoms with E-state index in [9.17, 15) is 14.7 Å². The van der Waals surface area contributed by atoms with Crippen LogP contribution in [-0.2, 0) is 9.53 Å². The molecule has 0 saturated carbocycles. The molecule has 1 aromatic heterocycles. The lowest BCUT2D eigenvalue weighted by Crippen LogP contribution is -2.41. The average Bonchev–Trinajstić information content (AvgIpc) is 2.62. The van der Waals surface area contributed by atoms with Crippen LogP contribution in [0.2, 0.25) is 0 Å². The van der Waals surface area contributed by atoms with E-state index in [1.54, 1.807) is 33.8 Å². The Morgan fingerprint density at radius 1 is 1.48 bits per heavy atom. The molecule has 21 heavy (non-hydrogen) atoms. The Morgan fingerprint density at radius 3 is 2.38 bits per heavy atom. The standard InChI is InChI=1S/C14H20BrNO4S/c1-6-16(13(19)20-14(3,4)5)11(12(17)18)10-7-9(15)8(2)21-10/h7,11H,6H2,1-5H3,(H,17,18). The molecule has 1 amide bonds. The van der Waals surface area contributed by atoms with Crippen LogP contribution in [-0.4, -0.2) is 34.2 Å². The number of aliphatic carboxylic acids is 1. The third-order valence-corrected chi connectivity index (χ3v) is 4.85. The summed E-state index contributed by atoms with van der Waals surface area (Å²) in [7, 11) is 0. The van der Waals surface area contributed by atoms with Crippen molar-refractivity contribution in [3.63, 3.8) is 0 Å². The van der Waals surface area contributed by atoms with Crippen molar-refractivity contribution in [1.29, 1.82) is 0 Å². The number of rotatable bonds is 4. The van der Waals surface area contributed by atoms with Crippen LogP contribution in [0.3, 0.4) is 0 Å². The summed E-state index contributed by atoms with van der Waals surface area (Å²) in [5.41, 5.74) is -0.667. The van der Waals surface area contributed by atoms with Crippen LogP contribution in [0, 0.1) is 6.92 Å². The summed E-state index contributed by atoms with van der Waals surface area (Å²) < 4.78 is 6.14. The van der Waals surface area contributed by atoms with Gasteiger partial charge in [-0.25, -0.2) is 9.59 Å². The molecule has 7 heteroatoms. The monoisotopic (exact) mass is 377 g/mol. The van der Waals surface area contributed by atoms with Crippen LogP contribution >= 0.6 is 27.3 Å². The molecule has 0 spiro atoms. The van der Waals surface area contributed by atoms with Crippen LogP contribution in [0.4, 0.5) is 4.79 Å². The number of aryl methyl sites for hydroxylation is 1. The van der Waals surface area contributed by atoms with E-state index in [1.807, 2.05) is 6.92 Å². The van der Waals surface area contributed by atoms with Gasteiger partial charge in [0.15, 0.2) is 6.04 Å². The molecule has 0 fully saturated rings. The highest BCUT2D eigenvalue weighted by Gasteiger charge is 2.34. The van der Waals surface area contributed by atoms with Gasteiger partial charge in [-0.05, 0) is 56.6 Å². The number of hydrogen-bond donors (Lipinski definition) is 1. The first-order valence-corrected chi connectivity index (χ1v) is 8.16. The minimum Gasteiger partial charge on any atom is -0.479 e. The smallest absolute Gasteiger partial charge is 0.411 e. The largest absolute Gasteiger partial charge is 0.479 e. The first-order valence-electron chi connectivity index (χ1n) is 6.55. The molecular weight excluding hydrogens is 358 g/mol. The number of thiophene rings is 1. The maximum absolute atomic E-state index is 12.2. The number of likely N-dealkylation sites (N-methyl/N-ethyl adjacent to an activating group) is 1. The number of hydrogen-bond acceptors (Lipinski definition) is 4. The zero-order chi connectivity index (χ0) is 16.4. The minimum absolute atomic E-state index is 0.250. The van der Waals surface area contributed by atoms with Crippen LogP contribution in [0.1, 0.15) is 43.5 Å². The Balaban J connectivity index is 3.12. The second kappa shape index (κ2) is 6.79. The summed E-state index contributed by atoms with van der Waals surface area (Å²) >= 11 is 4.73. The first-order chi connectivity index (χ1) is 9.56. The quantitative estimate of drug-likeness (QED) is 0.853. The Hall–Kier alpha value is -1.08. The zero-order valence-electron chi connectivity index (χ0n) is 12.8. The number of ether oxygens (including phenoxy) is 1. The molecule has 1 rings (SSSR count). The summed E-state index contributed by atoms with van der Waals surface area (Å²) in [6, 6.07) is 0.700. The Labute approximate surface area is 137 Å². The molecule has 1 unspecified atom stereocenters. The second-order valence-corrected chi connectivity index (χ2v) is 7.70. The molecule has 0 aliphatic carbocycles. The Bertz CT molecular complexity index is 516. The molecule has 5 nitrogen and oxygen atoms in total. The van der Waals surface area contributed by atoms with Gasteiger partial charge in [-0.15, -0.1) is 11.3 Å². The van der Waals surface area contributed by atoms with Gasteiger partial charge in [-0.1, -0.05) is 0 Å². The molecule has 0 bridgehead atoms. The lowest BCUT2D eigenvalue weighted by Gasteiger charge is -2.30. The van der Waals surface area contributed by atoms with Gasteiger partial charge < -0.3 is 9.84 Å². The predicted molar refractivity (Wildman–Crippen MR) is 85.7 cm³/mol. The van der Waals surface area contributed by atoms with Crippen molar-refractivity contribution in [3.8, 4) is 0 Å². The number of halogens is 1. The van der Waals surface area contributed by atoms with Gasteiger partial charge in [-0.3, -0.25) is 4.90 Å². The molecule has 0 radical (unpaired) electrons. The average molecular weight is 378 g/mol. The molecule has 1 N–H and O–H groups in total. The molecule has 118 valence electrons. The van der Waals surface area contributed by atoms with Crippen molar-refractivity contribution >= 4 is 39.3 Å². The molecule has 0 saturated heterocycles. The van der Waals surface area contributed by atoms with Crippen LogP contribution in [0.5, 0.6) is 0 Å². The first kappa shape index (κ1) is 18.0. The second-order valence-electron chi connectivity index (χ2n) is 5.56. The maximum Gasteiger partial charge on any atom is 0.411 e. The molecule has 1 aromatic rings. The van der Waals surface area contributed by atoms with E-state index in [1.165, 1.54) is 16.2 Å². The van der Waals surface area contributed by atoms with E-state index >= 15 is 0 Å². The third kappa shape index (κ3) is 4.71. The van der Waals surface area contributed by atoms with Crippen molar-refractivity contribution in [2.75, 3.05) is 6.54 Å². The summed E-state index contributed by atoms with van der Waals surface area (Å²) in [6.07, 6.45) is -0.625. The van der Waals surface area contributed by atoms with E-state index in [4.69, 9.17) is 4.74 Å². The molecule has 1 atom stereocenters. The van der Waals surface area contributed by atoms with Gasteiger partial charge in [0.25, 0.3) is 0 Å². The van der Waals surface area contributed by atoms with Crippen molar-refractivity contribution in [2.45, 2.75) is 46.3 Å². The van der Waals surface area contributed by atoms with Crippen LogP contribution < -0.4 is 0 Å². The molecule has 0 aromatic carbocycles. The lowest BCUT2D eigenvalue weighted by molar-refractivity contribution is -0.143. The summed E-state index contributed by atoms with van der Waals surface area (Å²) in [4.78, 5) is 26.7. The van der Waals surface area contributed by atoms with Gasteiger partial charge >= 0.3 is 12.1 Å². The normalized spacial score (nSPS) is 12.9. The van der Waals surface area contributed by atoms with E-state index in [0.29, 0.717) is 4.88 Å². The predicted octanol–water partition coefficient (Wildman–Crippen LogP) is 4.20. The fraction of sp³-hybridized carbons (Fsp3) is 0.571. The fourth-order valence-corrected chi connectivity index (χ4v) is 3.43. The SMILES string of the molecule is CCN(C(=O)OC(C)(C)C)C(C(=O)O)c1cc(Br)c(C)s1. The lowest BCUT2D eigenvalue weighted by atomic mass is 10.2. The number of amides is 1. The topological polar surface area (TPSA) is 66.8 Å². The van der Waals surface area contributed by atoms with Gasteiger partial charge in [-0.2, -0.15) is 0 Å². The van der Waals surface area contributed by atoms with E-state index < -0.39 is 23.7 Å². The molecule has 1 heterocycles. The zero-order valence-corrected chi connectivity index (χ0v) is 15.2. The van der Waals surface area contributed by atoms with Crippen molar-refractivity contribution < 1.29 is 19.4 Å². The van der Waals surface area contributed by atoms with Gasteiger partial charge in [0.05, 0.1) is 0 Å². The fourth-order valence-electron chi connectivity index (χ4n) is 1.76. The van der Waals surface area contributed by atoms with Crippen molar-refractivity contribution in [3.05, 3.63) is 20.3 Å². The number of carboxylic acid groups (broad SMARTS) is 1. The Kier molecular flexibility index (Phi) is 5.81. The van der Waals surface area contributed by atoms with Gasteiger partial charge in [0.2, 0.25) is 0 Å². The highest BCUT2D eigenvalue weighted by atomic mass is 79.9. The minimum atomic E-state index is -1.07. The number of carbonyl (C=O) groups excluding carboxylic acids is 1. The highest BCUT2D eigenvalue weighted by molar-refractivity contribution is 9.10. The summed E-state index contributed by atoms with van der Waals surface area (Å²) in [5, 5.41) is 9.52. The molecular formula is C14H20BrNO4S. The summed E-state index contributed by atoms with van der Waals surface area (Å²) in [6.45, 7) is 9.12. The Morgan fingerprint density at radius 2 is 2.05 bits per heavy atom. The van der Waals surface area contributed by atoms with Gasteiger partial charge in [0.1, 0.15) is 5.60 Å². The van der Waals surface area contributed by atoms with E-state index in [-0.39, 0.29) is 6.54 Å². The molecule has 0 aliphatic heterocycles. The number of nitrogens with zero attached hydrogens (tertiary/aromatic N) is 1.